The number of aryl methyl sites for hydroxylation is 1. The molecule has 2 saturated heterocycles. The summed E-state index contributed by atoms with van der Waals surface area (Å²) in [5.41, 5.74) is 4.66. The lowest BCUT2D eigenvalue weighted by Gasteiger charge is -2.42. The number of sulfonamides is 1. The van der Waals surface area contributed by atoms with Crippen molar-refractivity contribution in [3.05, 3.63) is 131 Å². The van der Waals surface area contributed by atoms with Crippen LogP contribution < -0.4 is 10.0 Å². The van der Waals surface area contributed by atoms with E-state index in [-0.39, 0.29) is 42.2 Å². The van der Waals surface area contributed by atoms with Gasteiger partial charge in [0, 0.05) is 36.8 Å². The molecule has 11 heteroatoms. The van der Waals surface area contributed by atoms with Crippen molar-refractivity contribution < 1.29 is 32.9 Å². The Morgan fingerprint density at radius 2 is 1.66 bits per heavy atom. The van der Waals surface area contributed by atoms with Gasteiger partial charge in [0.2, 0.25) is 15.9 Å². The molecule has 0 bridgehead atoms. The summed E-state index contributed by atoms with van der Waals surface area (Å²) in [7, 11) is -4.01. The molecular weight excluding hydrogens is 655 g/mol. The van der Waals surface area contributed by atoms with Crippen LogP contribution in [0.3, 0.4) is 0 Å². The van der Waals surface area contributed by atoms with Crippen molar-refractivity contribution >= 4 is 21.6 Å². The molecule has 6 atom stereocenters. The van der Waals surface area contributed by atoms with Gasteiger partial charge in [-0.2, -0.15) is 4.72 Å². The summed E-state index contributed by atoms with van der Waals surface area (Å²) in [4.78, 5) is 16.1. The summed E-state index contributed by atoms with van der Waals surface area (Å²) < 4.78 is 42.6. The summed E-state index contributed by atoms with van der Waals surface area (Å²) in [6, 6.07) is 29.6. The minimum Gasteiger partial charge on any atom is -0.392 e. The SMILES string of the molecule is Cc1ccc(S(=O)(=O)N[C@H](Cc2ccccc2)C(=O)Nc2cccc(C3O[C@H](CN4CC[C@@H](O)C4)[C@H](C)[C@H](c4ccc(CO)cc4)O3)c2)cc1. The quantitative estimate of drug-likeness (QED) is 0.164. The molecule has 6 rings (SSSR count). The second kappa shape index (κ2) is 15.9. The summed E-state index contributed by atoms with van der Waals surface area (Å²) in [6.45, 7) is 5.93. The standard InChI is InChI=1S/C39H45N3O7S/c1-26-11-17-34(18-12-26)50(46,47)41-35(21-28-7-4-3-5-8-28)38(45)40-32-10-6-9-31(22-32)39-48-36(24-42-20-19-33(44)23-42)27(2)37(49-39)30-15-13-29(25-43)14-16-30/h3-18,22,27,33,35-37,39,41,43-44H,19-21,23-25H2,1-2H3,(H,40,45)/t27-,33+,35+,36+,37+,39?/m0/s1. The molecule has 1 unspecified atom stereocenters. The third kappa shape index (κ3) is 8.85. The van der Waals surface area contributed by atoms with Gasteiger partial charge in [-0.15, -0.1) is 0 Å². The van der Waals surface area contributed by atoms with Gasteiger partial charge in [0.25, 0.3) is 0 Å². The molecule has 2 fully saturated rings. The van der Waals surface area contributed by atoms with Crippen LogP contribution in [0.2, 0.25) is 0 Å². The predicted molar refractivity (Wildman–Crippen MR) is 191 cm³/mol. The minimum absolute atomic E-state index is 0.0212. The number of rotatable bonds is 12. The largest absolute Gasteiger partial charge is 0.392 e. The van der Waals surface area contributed by atoms with Gasteiger partial charge in [0.15, 0.2) is 6.29 Å². The molecule has 4 aromatic carbocycles. The maximum atomic E-state index is 13.8. The van der Waals surface area contributed by atoms with Crippen LogP contribution in [0.25, 0.3) is 0 Å². The van der Waals surface area contributed by atoms with E-state index >= 15 is 0 Å². The molecule has 4 aromatic rings. The third-order valence-electron chi connectivity index (χ3n) is 9.46. The summed E-state index contributed by atoms with van der Waals surface area (Å²) in [5, 5.41) is 22.7. The Morgan fingerprint density at radius 1 is 0.920 bits per heavy atom. The van der Waals surface area contributed by atoms with E-state index in [9.17, 15) is 23.4 Å². The number of amides is 1. The van der Waals surface area contributed by atoms with Crippen molar-refractivity contribution in [1.29, 1.82) is 0 Å². The maximum absolute atomic E-state index is 13.8. The van der Waals surface area contributed by atoms with Crippen LogP contribution >= 0.6 is 0 Å². The fraction of sp³-hybridized carbons (Fsp3) is 0.359. The average Bonchev–Trinajstić information content (AvgIpc) is 3.53. The number of carbonyl (C=O) groups is 1. The van der Waals surface area contributed by atoms with Crippen LogP contribution in [0, 0.1) is 12.8 Å². The minimum atomic E-state index is -4.01. The van der Waals surface area contributed by atoms with E-state index in [4.69, 9.17) is 9.47 Å². The number of nitrogens with zero attached hydrogens (tertiary/aromatic N) is 1. The van der Waals surface area contributed by atoms with Crippen molar-refractivity contribution in [3.63, 3.8) is 0 Å². The van der Waals surface area contributed by atoms with Gasteiger partial charge in [-0.1, -0.05) is 91.3 Å². The molecule has 0 radical (unpaired) electrons. The first-order chi connectivity index (χ1) is 24.1. The third-order valence-corrected chi connectivity index (χ3v) is 11.0. The normalized spacial score (nSPS) is 23.4. The molecule has 2 heterocycles. The molecule has 1 amide bonds. The number of aliphatic hydroxyl groups excluding tert-OH is 2. The zero-order chi connectivity index (χ0) is 35.3. The molecule has 0 aliphatic carbocycles. The topological polar surface area (TPSA) is 137 Å². The van der Waals surface area contributed by atoms with Crippen molar-refractivity contribution in [1.82, 2.24) is 9.62 Å². The van der Waals surface area contributed by atoms with Crippen LogP contribution in [-0.2, 0) is 37.3 Å². The first-order valence-corrected chi connectivity index (χ1v) is 18.5. The van der Waals surface area contributed by atoms with Crippen molar-refractivity contribution in [2.24, 2.45) is 5.92 Å². The van der Waals surface area contributed by atoms with E-state index in [1.54, 1.807) is 30.3 Å². The Hall–Kier alpha value is -3.94. The van der Waals surface area contributed by atoms with E-state index in [0.29, 0.717) is 24.3 Å². The molecule has 2 aliphatic rings. The van der Waals surface area contributed by atoms with E-state index in [2.05, 4.69) is 21.9 Å². The van der Waals surface area contributed by atoms with E-state index in [1.165, 1.54) is 12.1 Å². The second-order valence-corrected chi connectivity index (χ2v) is 15.0. The van der Waals surface area contributed by atoms with Crippen molar-refractivity contribution in [3.8, 4) is 0 Å². The summed E-state index contributed by atoms with van der Waals surface area (Å²) in [6.07, 6.45) is -0.775. The number of β-amino-alcohol motifs (C(OH)–C–C–N with tert-alkyl or cyclic N) is 1. The van der Waals surface area contributed by atoms with E-state index in [1.807, 2.05) is 67.6 Å². The van der Waals surface area contributed by atoms with Gasteiger partial charge in [0.05, 0.1) is 29.8 Å². The van der Waals surface area contributed by atoms with Gasteiger partial charge < -0.3 is 25.0 Å². The number of carbonyl (C=O) groups excluding carboxylic acids is 1. The molecule has 0 aromatic heterocycles. The lowest BCUT2D eigenvalue weighted by atomic mass is 9.90. The Kier molecular flexibility index (Phi) is 11.4. The maximum Gasteiger partial charge on any atom is 0.242 e. The zero-order valence-corrected chi connectivity index (χ0v) is 29.1. The van der Waals surface area contributed by atoms with E-state index < -0.39 is 28.3 Å². The van der Waals surface area contributed by atoms with Crippen LogP contribution in [0.5, 0.6) is 0 Å². The monoisotopic (exact) mass is 699 g/mol. The fourth-order valence-electron chi connectivity index (χ4n) is 6.56. The average molecular weight is 700 g/mol. The van der Waals surface area contributed by atoms with Crippen LogP contribution in [0.4, 0.5) is 5.69 Å². The molecule has 10 nitrogen and oxygen atoms in total. The van der Waals surface area contributed by atoms with Gasteiger partial charge in [0.1, 0.15) is 6.04 Å². The second-order valence-electron chi connectivity index (χ2n) is 13.3. The first-order valence-electron chi connectivity index (χ1n) is 17.0. The van der Waals surface area contributed by atoms with Gasteiger partial charge in [-0.25, -0.2) is 8.42 Å². The highest BCUT2D eigenvalue weighted by Gasteiger charge is 2.40. The van der Waals surface area contributed by atoms with Crippen molar-refractivity contribution in [2.45, 2.75) is 68.8 Å². The molecule has 2 aliphatic heterocycles. The molecule has 0 saturated carbocycles. The predicted octanol–water partition coefficient (Wildman–Crippen LogP) is 4.87. The molecular formula is C39H45N3O7S. The highest BCUT2D eigenvalue weighted by molar-refractivity contribution is 7.89. The van der Waals surface area contributed by atoms with Crippen molar-refractivity contribution in [2.75, 3.05) is 25.0 Å². The molecule has 0 spiro atoms. The first kappa shape index (κ1) is 35.9. The lowest BCUT2D eigenvalue weighted by molar-refractivity contribution is -0.276. The van der Waals surface area contributed by atoms with Crippen LogP contribution in [0.15, 0.2) is 108 Å². The fourth-order valence-corrected chi connectivity index (χ4v) is 7.76. The number of hydrogen-bond donors (Lipinski definition) is 4. The lowest BCUT2D eigenvalue weighted by Crippen LogP contribution is -2.45. The Morgan fingerprint density at radius 3 is 2.34 bits per heavy atom. The van der Waals surface area contributed by atoms with Crippen LogP contribution in [-0.4, -0.2) is 67.3 Å². The Labute approximate surface area is 294 Å². The van der Waals surface area contributed by atoms with Gasteiger partial charge in [-0.3, -0.25) is 9.69 Å². The Balaban J connectivity index is 1.23. The molecule has 50 heavy (non-hydrogen) atoms. The number of aliphatic hydroxyl groups is 2. The van der Waals surface area contributed by atoms with Crippen LogP contribution in [0.1, 0.15) is 53.6 Å². The zero-order valence-electron chi connectivity index (χ0n) is 28.3. The van der Waals surface area contributed by atoms with Gasteiger partial charge in [-0.05, 0) is 60.7 Å². The number of nitrogens with one attached hydrogen (secondary N) is 2. The number of anilines is 1. The molecule has 4 N–H and O–H groups in total. The van der Waals surface area contributed by atoms with Gasteiger partial charge >= 0.3 is 0 Å². The number of ether oxygens (including phenoxy) is 2. The smallest absolute Gasteiger partial charge is 0.242 e. The summed E-state index contributed by atoms with van der Waals surface area (Å²) >= 11 is 0. The molecule has 264 valence electrons. The summed E-state index contributed by atoms with van der Waals surface area (Å²) in [5.74, 6) is -0.528. The highest BCUT2D eigenvalue weighted by atomic mass is 32.2. The number of likely N-dealkylation sites (tertiary alicyclic amines) is 1. The highest BCUT2D eigenvalue weighted by Crippen LogP contribution is 2.42. The Bertz CT molecular complexity index is 1840. The number of hydrogen-bond acceptors (Lipinski definition) is 8. The number of benzene rings is 4. The van der Waals surface area contributed by atoms with E-state index in [0.717, 1.165) is 35.2 Å².